The van der Waals surface area contributed by atoms with Gasteiger partial charge in [0.05, 0.1) is 12.5 Å². The van der Waals surface area contributed by atoms with Crippen LogP contribution in [-0.2, 0) is 14.3 Å². The van der Waals surface area contributed by atoms with Gasteiger partial charge in [0, 0.05) is 18.3 Å². The first-order chi connectivity index (χ1) is 13.4. The summed E-state index contributed by atoms with van der Waals surface area (Å²) in [5.74, 6) is 1.11. The average Bonchev–Trinajstić information content (AvgIpc) is 2.94. The van der Waals surface area contributed by atoms with Gasteiger partial charge in [0.1, 0.15) is 5.60 Å². The third-order valence-electron chi connectivity index (χ3n) is 8.15. The molecule has 0 saturated heterocycles. The van der Waals surface area contributed by atoms with Crippen LogP contribution in [0.4, 0.5) is 0 Å². The van der Waals surface area contributed by atoms with Gasteiger partial charge < -0.3 is 4.74 Å². The molecule has 0 bridgehead atoms. The number of esters is 1. The molecular weight excluding hydrogens is 350 g/mol. The second-order valence-electron chi connectivity index (χ2n) is 9.40. The second-order valence-corrected chi connectivity index (χ2v) is 9.40. The van der Waals surface area contributed by atoms with Crippen LogP contribution < -0.4 is 0 Å². The smallest absolute Gasteiger partial charge is 0.306 e. The summed E-state index contributed by atoms with van der Waals surface area (Å²) in [6, 6.07) is 2.34. The Labute approximate surface area is 168 Å². The minimum Gasteiger partial charge on any atom is -0.457 e. The lowest BCUT2D eigenvalue weighted by Gasteiger charge is -2.52. The van der Waals surface area contributed by atoms with Crippen molar-refractivity contribution in [2.45, 2.75) is 90.1 Å². The van der Waals surface area contributed by atoms with Crippen LogP contribution in [-0.4, -0.2) is 17.4 Å². The van der Waals surface area contributed by atoms with Crippen LogP contribution in [0.25, 0.3) is 0 Å². The zero-order valence-corrected chi connectivity index (χ0v) is 17.2. The molecule has 0 radical (unpaired) electrons. The molecule has 0 N–H and O–H groups in total. The Morgan fingerprint density at radius 2 is 2.07 bits per heavy atom. The maximum atomic E-state index is 12.4. The van der Waals surface area contributed by atoms with Crippen LogP contribution in [0, 0.1) is 28.6 Å². The third kappa shape index (κ3) is 2.86. The zero-order chi connectivity index (χ0) is 19.9. The lowest BCUT2D eigenvalue weighted by atomic mass is 9.54. The van der Waals surface area contributed by atoms with Crippen LogP contribution in [0.5, 0.6) is 0 Å². The fourth-order valence-corrected chi connectivity index (χ4v) is 6.72. The maximum Gasteiger partial charge on any atom is 0.306 e. The molecule has 0 aliphatic heterocycles. The molecular formula is C24H31NO3. The van der Waals surface area contributed by atoms with Gasteiger partial charge in [0.25, 0.3) is 0 Å². The van der Waals surface area contributed by atoms with Crippen LogP contribution in [0.3, 0.4) is 0 Å². The van der Waals surface area contributed by atoms with Crippen molar-refractivity contribution in [3.05, 3.63) is 22.8 Å². The largest absolute Gasteiger partial charge is 0.457 e. The normalized spacial score (nSPS) is 36.8. The molecule has 4 rings (SSSR count). The first-order valence-electron chi connectivity index (χ1n) is 11.0. The third-order valence-corrected chi connectivity index (χ3v) is 8.15. The van der Waals surface area contributed by atoms with Crippen molar-refractivity contribution in [3.8, 4) is 6.07 Å². The van der Waals surface area contributed by atoms with Crippen LogP contribution in [0.2, 0.25) is 0 Å². The lowest BCUT2D eigenvalue weighted by molar-refractivity contribution is -0.177. The Bertz CT molecular complexity index is 801. The Hall–Kier alpha value is -1.89. The number of nitrogens with zero attached hydrogens (tertiary/aromatic N) is 1. The molecule has 150 valence electrons. The quantitative estimate of drug-likeness (QED) is 0.629. The molecule has 2 saturated carbocycles. The molecule has 4 heteroatoms. The summed E-state index contributed by atoms with van der Waals surface area (Å²) in [6.45, 7) is 4.26. The number of carbonyl (C=O) groups is 2. The fourth-order valence-electron chi connectivity index (χ4n) is 6.72. The highest BCUT2D eigenvalue weighted by molar-refractivity contribution is 5.93. The summed E-state index contributed by atoms with van der Waals surface area (Å²) in [5, 5.41) is 9.56. The fraction of sp³-hybridized carbons (Fsp3) is 0.708. The van der Waals surface area contributed by atoms with E-state index in [-0.39, 0.29) is 17.2 Å². The lowest BCUT2D eigenvalue weighted by Crippen LogP contribution is -2.52. The van der Waals surface area contributed by atoms with Crippen molar-refractivity contribution in [2.75, 3.05) is 0 Å². The summed E-state index contributed by atoms with van der Waals surface area (Å²) in [6.07, 6.45) is 10.8. The number of allylic oxidation sites excluding steroid dienone is 4. The number of carbonyl (C=O) groups excluding carboxylic acids is 2. The number of rotatable bonds is 4. The van der Waals surface area contributed by atoms with Gasteiger partial charge in [0.2, 0.25) is 0 Å². The van der Waals surface area contributed by atoms with Gasteiger partial charge in [-0.1, -0.05) is 19.4 Å². The highest BCUT2D eigenvalue weighted by atomic mass is 16.6. The summed E-state index contributed by atoms with van der Waals surface area (Å²) in [7, 11) is 0. The Balaban J connectivity index is 1.67. The molecule has 28 heavy (non-hydrogen) atoms. The maximum absolute atomic E-state index is 12.4. The minimum atomic E-state index is -0.631. The molecule has 0 aromatic heterocycles. The molecule has 0 heterocycles. The molecule has 4 atom stereocenters. The molecule has 0 aromatic carbocycles. The molecule has 4 aliphatic carbocycles. The molecule has 0 aromatic rings. The van der Waals surface area contributed by atoms with E-state index in [0.717, 1.165) is 51.4 Å². The minimum absolute atomic E-state index is 0.132. The molecule has 2 unspecified atom stereocenters. The number of nitriles is 1. The first kappa shape index (κ1) is 19.4. The van der Waals surface area contributed by atoms with Crippen molar-refractivity contribution in [1.29, 1.82) is 5.26 Å². The van der Waals surface area contributed by atoms with Crippen molar-refractivity contribution < 1.29 is 14.3 Å². The highest BCUT2D eigenvalue weighted by Gasteiger charge is 2.63. The average molecular weight is 382 g/mol. The van der Waals surface area contributed by atoms with E-state index in [1.807, 2.05) is 13.0 Å². The Morgan fingerprint density at radius 3 is 2.82 bits per heavy atom. The van der Waals surface area contributed by atoms with Gasteiger partial charge in [-0.3, -0.25) is 9.59 Å². The molecule has 2 fully saturated rings. The molecule has 0 spiro atoms. The molecule has 0 amide bonds. The van der Waals surface area contributed by atoms with Gasteiger partial charge in [0.15, 0.2) is 5.78 Å². The topological polar surface area (TPSA) is 67.2 Å². The van der Waals surface area contributed by atoms with Gasteiger partial charge in [-0.25, -0.2) is 0 Å². The summed E-state index contributed by atoms with van der Waals surface area (Å²) in [5.41, 5.74) is 3.54. The van der Waals surface area contributed by atoms with E-state index in [1.54, 1.807) is 5.57 Å². The number of hydrogen-bond donors (Lipinski definition) is 0. The van der Waals surface area contributed by atoms with Gasteiger partial charge in [-0.15, -0.1) is 0 Å². The predicted octanol–water partition coefficient (Wildman–Crippen LogP) is 5.19. The van der Waals surface area contributed by atoms with Crippen LogP contribution in [0.15, 0.2) is 22.8 Å². The van der Waals surface area contributed by atoms with E-state index in [1.165, 1.54) is 11.1 Å². The second kappa shape index (κ2) is 7.17. The number of hydrogen-bond acceptors (Lipinski definition) is 4. The van der Waals surface area contributed by atoms with E-state index in [4.69, 9.17) is 4.74 Å². The van der Waals surface area contributed by atoms with E-state index in [2.05, 4.69) is 13.0 Å². The molecule has 4 nitrogen and oxygen atoms in total. The number of ether oxygens (including phenoxy) is 1. The monoisotopic (exact) mass is 381 g/mol. The summed E-state index contributed by atoms with van der Waals surface area (Å²) in [4.78, 5) is 24.3. The van der Waals surface area contributed by atoms with Crippen molar-refractivity contribution in [3.63, 3.8) is 0 Å². The predicted molar refractivity (Wildman–Crippen MR) is 106 cm³/mol. The Morgan fingerprint density at radius 1 is 1.25 bits per heavy atom. The van der Waals surface area contributed by atoms with Crippen molar-refractivity contribution >= 4 is 11.8 Å². The van der Waals surface area contributed by atoms with E-state index in [0.29, 0.717) is 31.1 Å². The van der Waals surface area contributed by atoms with Gasteiger partial charge in [-0.2, -0.15) is 5.26 Å². The SMILES string of the molecule is CCCC(=O)O[C@@]1(CC#N)CCC2C3CCC4=CC(=O)CCC4=C3CC[C@@]21C. The number of fused-ring (bicyclic) bond motifs is 4. The van der Waals surface area contributed by atoms with E-state index in [9.17, 15) is 14.9 Å². The molecule has 4 aliphatic rings. The Kier molecular flexibility index (Phi) is 4.98. The summed E-state index contributed by atoms with van der Waals surface area (Å²) >= 11 is 0. The van der Waals surface area contributed by atoms with Crippen LogP contribution >= 0.6 is 0 Å². The zero-order valence-electron chi connectivity index (χ0n) is 17.2. The van der Waals surface area contributed by atoms with Crippen LogP contribution in [0.1, 0.15) is 84.5 Å². The number of ketones is 1. The highest BCUT2D eigenvalue weighted by Crippen LogP contribution is 2.65. The van der Waals surface area contributed by atoms with Crippen molar-refractivity contribution in [2.24, 2.45) is 17.3 Å². The van der Waals surface area contributed by atoms with Gasteiger partial charge in [-0.05, 0) is 80.4 Å². The van der Waals surface area contributed by atoms with Crippen molar-refractivity contribution in [1.82, 2.24) is 0 Å². The standard InChI is InChI=1S/C24H31NO3/c1-3-4-22(27)28-24(13-14-25)12-10-21-20-7-5-16-15-17(26)6-8-18(16)19(20)9-11-23(21,24)2/h15,20-21H,3-13H2,1-2H3/t20?,21?,23-,24+/m0/s1. The first-order valence-corrected chi connectivity index (χ1v) is 11.0. The van der Waals surface area contributed by atoms with E-state index < -0.39 is 5.60 Å². The van der Waals surface area contributed by atoms with E-state index >= 15 is 0 Å². The van der Waals surface area contributed by atoms with Gasteiger partial charge >= 0.3 is 5.97 Å². The summed E-state index contributed by atoms with van der Waals surface area (Å²) < 4.78 is 6.12.